The maximum absolute atomic E-state index is 3.76. The molecule has 0 aromatic rings. The molecule has 1 heteroatoms. The molecular formula is C17H37N. The summed E-state index contributed by atoms with van der Waals surface area (Å²) in [5.74, 6) is 0. The van der Waals surface area contributed by atoms with E-state index in [4.69, 9.17) is 0 Å². The number of hydrogen-bond donors (Lipinski definition) is 1. The lowest BCUT2D eigenvalue weighted by atomic mass is 9.79. The minimum atomic E-state index is 0.443. The Balaban J connectivity index is 3.87. The molecule has 0 heterocycles. The van der Waals surface area contributed by atoms with Crippen LogP contribution >= 0.6 is 0 Å². The minimum absolute atomic E-state index is 0.443. The summed E-state index contributed by atoms with van der Waals surface area (Å²) in [6.07, 6.45) is 12.3. The molecule has 1 nitrogen and oxygen atoms in total. The van der Waals surface area contributed by atoms with Crippen LogP contribution in [0.25, 0.3) is 0 Å². The third kappa shape index (κ3) is 8.13. The molecule has 0 bridgehead atoms. The summed E-state index contributed by atoms with van der Waals surface area (Å²) >= 11 is 0. The molecule has 0 spiro atoms. The SMILES string of the molecule is CCCCCCCCC(NCCC)C(C)(C)CC. The fourth-order valence-electron chi connectivity index (χ4n) is 2.46. The van der Waals surface area contributed by atoms with Gasteiger partial charge in [0.15, 0.2) is 0 Å². The van der Waals surface area contributed by atoms with Crippen LogP contribution < -0.4 is 5.32 Å². The smallest absolute Gasteiger partial charge is 0.0118 e. The van der Waals surface area contributed by atoms with Gasteiger partial charge in [0.25, 0.3) is 0 Å². The Morgan fingerprint density at radius 2 is 1.44 bits per heavy atom. The van der Waals surface area contributed by atoms with Crippen molar-refractivity contribution in [2.75, 3.05) is 6.54 Å². The fourth-order valence-corrected chi connectivity index (χ4v) is 2.46. The normalized spacial score (nSPS) is 13.8. The van der Waals surface area contributed by atoms with Crippen molar-refractivity contribution in [3.63, 3.8) is 0 Å². The first-order valence-electron chi connectivity index (χ1n) is 8.31. The molecule has 1 atom stereocenters. The lowest BCUT2D eigenvalue weighted by Gasteiger charge is -2.34. The summed E-state index contributed by atoms with van der Waals surface area (Å²) < 4.78 is 0. The zero-order valence-corrected chi connectivity index (χ0v) is 13.6. The van der Waals surface area contributed by atoms with Gasteiger partial charge in [-0.25, -0.2) is 0 Å². The van der Waals surface area contributed by atoms with Crippen molar-refractivity contribution >= 4 is 0 Å². The second kappa shape index (κ2) is 10.8. The van der Waals surface area contributed by atoms with Gasteiger partial charge < -0.3 is 5.32 Å². The number of unbranched alkanes of at least 4 members (excludes halogenated alkanes) is 5. The zero-order chi connectivity index (χ0) is 13.9. The molecule has 0 aromatic carbocycles. The predicted octanol–water partition coefficient (Wildman–Crippen LogP) is 5.54. The van der Waals surface area contributed by atoms with Gasteiger partial charge in [-0.2, -0.15) is 0 Å². The van der Waals surface area contributed by atoms with Gasteiger partial charge in [-0.3, -0.25) is 0 Å². The van der Waals surface area contributed by atoms with E-state index in [-0.39, 0.29) is 0 Å². The van der Waals surface area contributed by atoms with Crippen LogP contribution in [0.5, 0.6) is 0 Å². The third-order valence-electron chi connectivity index (χ3n) is 4.34. The van der Waals surface area contributed by atoms with Gasteiger partial charge in [0.05, 0.1) is 0 Å². The van der Waals surface area contributed by atoms with Crippen LogP contribution in [0.3, 0.4) is 0 Å². The first-order valence-corrected chi connectivity index (χ1v) is 8.31. The van der Waals surface area contributed by atoms with Crippen LogP contribution in [0, 0.1) is 5.41 Å². The highest BCUT2D eigenvalue weighted by molar-refractivity contribution is 4.82. The summed E-state index contributed by atoms with van der Waals surface area (Å²) in [6, 6.07) is 0.702. The molecule has 1 unspecified atom stereocenters. The van der Waals surface area contributed by atoms with E-state index in [1.54, 1.807) is 0 Å². The van der Waals surface area contributed by atoms with Crippen molar-refractivity contribution in [1.82, 2.24) is 5.32 Å². The molecule has 0 aliphatic rings. The number of nitrogens with one attached hydrogen (secondary N) is 1. The van der Waals surface area contributed by atoms with Crippen LogP contribution in [-0.2, 0) is 0 Å². The molecule has 0 saturated heterocycles. The monoisotopic (exact) mass is 255 g/mol. The van der Waals surface area contributed by atoms with E-state index in [0.717, 1.165) is 0 Å². The van der Waals surface area contributed by atoms with E-state index in [1.165, 1.54) is 64.3 Å². The Bertz CT molecular complexity index is 174. The first kappa shape index (κ1) is 18.0. The maximum Gasteiger partial charge on any atom is 0.0118 e. The van der Waals surface area contributed by atoms with Gasteiger partial charge in [-0.15, -0.1) is 0 Å². The molecule has 0 radical (unpaired) electrons. The molecule has 0 saturated carbocycles. The third-order valence-corrected chi connectivity index (χ3v) is 4.34. The van der Waals surface area contributed by atoms with Crippen molar-refractivity contribution in [3.8, 4) is 0 Å². The van der Waals surface area contributed by atoms with E-state index < -0.39 is 0 Å². The molecule has 18 heavy (non-hydrogen) atoms. The molecular weight excluding hydrogens is 218 g/mol. The van der Waals surface area contributed by atoms with Gasteiger partial charge in [-0.1, -0.05) is 73.1 Å². The van der Waals surface area contributed by atoms with Gasteiger partial charge in [-0.05, 0) is 31.2 Å². The first-order chi connectivity index (χ1) is 8.58. The largest absolute Gasteiger partial charge is 0.313 e. The van der Waals surface area contributed by atoms with Gasteiger partial charge in [0, 0.05) is 6.04 Å². The highest BCUT2D eigenvalue weighted by atomic mass is 14.9. The van der Waals surface area contributed by atoms with Crippen LogP contribution in [0.1, 0.15) is 92.4 Å². The Morgan fingerprint density at radius 1 is 0.833 bits per heavy atom. The van der Waals surface area contributed by atoms with E-state index in [1.807, 2.05) is 0 Å². The van der Waals surface area contributed by atoms with Crippen molar-refractivity contribution in [1.29, 1.82) is 0 Å². The summed E-state index contributed by atoms with van der Waals surface area (Å²) in [4.78, 5) is 0. The van der Waals surface area contributed by atoms with E-state index in [9.17, 15) is 0 Å². The molecule has 0 aliphatic heterocycles. The topological polar surface area (TPSA) is 12.0 Å². The van der Waals surface area contributed by atoms with Crippen LogP contribution in [0.15, 0.2) is 0 Å². The highest BCUT2D eigenvalue weighted by Crippen LogP contribution is 2.28. The summed E-state index contributed by atoms with van der Waals surface area (Å²) in [5.41, 5.74) is 0.443. The molecule has 0 rings (SSSR count). The molecule has 0 fully saturated rings. The molecule has 0 aliphatic carbocycles. The predicted molar refractivity (Wildman–Crippen MR) is 84.1 cm³/mol. The van der Waals surface area contributed by atoms with Gasteiger partial charge in [0.1, 0.15) is 0 Å². The van der Waals surface area contributed by atoms with Gasteiger partial charge in [0.2, 0.25) is 0 Å². The minimum Gasteiger partial charge on any atom is -0.313 e. The summed E-state index contributed by atoms with van der Waals surface area (Å²) in [6.45, 7) is 12.9. The lowest BCUT2D eigenvalue weighted by molar-refractivity contribution is 0.216. The molecule has 0 aromatic heterocycles. The Kier molecular flexibility index (Phi) is 10.8. The average Bonchev–Trinajstić information content (AvgIpc) is 2.36. The zero-order valence-electron chi connectivity index (χ0n) is 13.6. The molecule has 1 N–H and O–H groups in total. The second-order valence-electron chi connectivity index (χ2n) is 6.41. The fraction of sp³-hybridized carbons (Fsp3) is 1.00. The Labute approximate surface area is 116 Å². The molecule has 110 valence electrons. The standard InChI is InChI=1S/C17H37N/c1-6-9-10-11-12-13-14-16(18-15-7-2)17(4,5)8-3/h16,18H,6-15H2,1-5H3. The van der Waals surface area contributed by atoms with Crippen LogP contribution in [0.2, 0.25) is 0 Å². The quantitative estimate of drug-likeness (QED) is 0.451. The van der Waals surface area contributed by atoms with Gasteiger partial charge >= 0.3 is 0 Å². The van der Waals surface area contributed by atoms with E-state index in [2.05, 4.69) is 39.9 Å². The van der Waals surface area contributed by atoms with Crippen molar-refractivity contribution in [3.05, 3.63) is 0 Å². The van der Waals surface area contributed by atoms with E-state index >= 15 is 0 Å². The van der Waals surface area contributed by atoms with Crippen molar-refractivity contribution < 1.29 is 0 Å². The summed E-state index contributed by atoms with van der Waals surface area (Å²) in [5, 5.41) is 3.76. The average molecular weight is 255 g/mol. The Morgan fingerprint density at radius 3 is 2.00 bits per heavy atom. The molecule has 0 amide bonds. The highest BCUT2D eigenvalue weighted by Gasteiger charge is 2.26. The van der Waals surface area contributed by atoms with Crippen LogP contribution in [-0.4, -0.2) is 12.6 Å². The van der Waals surface area contributed by atoms with Crippen molar-refractivity contribution in [2.24, 2.45) is 5.41 Å². The Hall–Kier alpha value is -0.0400. The van der Waals surface area contributed by atoms with Crippen LogP contribution in [0.4, 0.5) is 0 Å². The number of rotatable bonds is 12. The maximum atomic E-state index is 3.76. The second-order valence-corrected chi connectivity index (χ2v) is 6.41. The number of hydrogen-bond acceptors (Lipinski definition) is 1. The summed E-state index contributed by atoms with van der Waals surface area (Å²) in [7, 11) is 0. The lowest BCUT2D eigenvalue weighted by Crippen LogP contribution is -2.42. The van der Waals surface area contributed by atoms with Crippen molar-refractivity contribution in [2.45, 2.75) is 98.4 Å². The van der Waals surface area contributed by atoms with E-state index in [0.29, 0.717) is 11.5 Å².